The largest absolute Gasteiger partial charge is 0.393 e. The Morgan fingerprint density at radius 3 is 2.52 bits per heavy atom. The van der Waals surface area contributed by atoms with E-state index in [2.05, 4.69) is 31.1 Å². The topological polar surface area (TPSA) is 133 Å². The van der Waals surface area contributed by atoms with Crippen molar-refractivity contribution in [3.05, 3.63) is 71.2 Å². The van der Waals surface area contributed by atoms with Crippen molar-refractivity contribution in [2.45, 2.75) is 39.4 Å². The summed E-state index contributed by atoms with van der Waals surface area (Å²) in [5, 5.41) is 8.87. The molecule has 0 fully saturated rings. The molecule has 1 atom stereocenters. The number of rotatable bonds is 4. The second-order valence-corrected chi connectivity index (χ2v) is 9.02. The number of nitrogens with two attached hydrogens (primary N) is 3. The fourth-order valence-corrected chi connectivity index (χ4v) is 3.98. The van der Waals surface area contributed by atoms with Gasteiger partial charge in [0.2, 0.25) is 0 Å². The molecule has 1 unspecified atom stereocenters. The van der Waals surface area contributed by atoms with E-state index in [9.17, 15) is 4.39 Å². The lowest BCUT2D eigenvalue weighted by molar-refractivity contribution is 0.222. The molecule has 9 heteroatoms. The quantitative estimate of drug-likeness (QED) is 0.510. The average molecular weight is 423 g/mol. The van der Waals surface area contributed by atoms with Crippen molar-refractivity contribution < 1.29 is 4.39 Å². The summed E-state index contributed by atoms with van der Waals surface area (Å²) < 4.78 is 16.0. The first kappa shape index (κ1) is 20.6. The van der Waals surface area contributed by atoms with Crippen molar-refractivity contribution in [1.82, 2.24) is 20.1 Å². The Bertz CT molecular complexity index is 1200. The standard InChI is InChI=1S/C22H27FN8/c1-21(2,3)12-22(28-18(25)16(24)19(26)29-22)17-14-8-6-10-27-20(14)31(30-17)11-13-7-4-5-9-15(13)23/h4-10,28H,11-12,24-25H2,1-3H3,(H2,26,29). The number of fused-ring (bicyclic) bond motifs is 1. The second-order valence-electron chi connectivity index (χ2n) is 9.02. The summed E-state index contributed by atoms with van der Waals surface area (Å²) in [6.45, 7) is 6.50. The fraction of sp³-hybridized carbons (Fsp3) is 0.318. The second kappa shape index (κ2) is 7.26. The van der Waals surface area contributed by atoms with Gasteiger partial charge in [-0.15, -0.1) is 0 Å². The number of halogens is 1. The van der Waals surface area contributed by atoms with Crippen molar-refractivity contribution >= 4 is 16.9 Å². The van der Waals surface area contributed by atoms with Gasteiger partial charge in [-0.25, -0.2) is 19.0 Å². The van der Waals surface area contributed by atoms with Crippen LogP contribution >= 0.6 is 0 Å². The van der Waals surface area contributed by atoms with Gasteiger partial charge in [0.05, 0.1) is 6.54 Å². The minimum Gasteiger partial charge on any atom is -0.393 e. The maximum absolute atomic E-state index is 14.3. The van der Waals surface area contributed by atoms with Gasteiger partial charge in [0, 0.05) is 23.6 Å². The molecule has 0 bridgehead atoms. The lowest BCUT2D eigenvalue weighted by Crippen LogP contribution is -2.52. The van der Waals surface area contributed by atoms with Crippen molar-refractivity contribution in [2.24, 2.45) is 27.6 Å². The third kappa shape index (κ3) is 3.78. The number of amidine groups is 1. The molecule has 3 heterocycles. The number of pyridine rings is 1. The molecule has 31 heavy (non-hydrogen) atoms. The summed E-state index contributed by atoms with van der Waals surface area (Å²) in [6.07, 6.45) is 2.22. The smallest absolute Gasteiger partial charge is 0.179 e. The molecule has 0 spiro atoms. The zero-order valence-electron chi connectivity index (χ0n) is 17.9. The van der Waals surface area contributed by atoms with E-state index in [0.717, 1.165) is 5.39 Å². The molecule has 0 saturated carbocycles. The SMILES string of the molecule is CC(C)(C)CC1(c2nn(Cc3ccccc3F)c3ncccc23)N=C(N)C(N)=C(N)N1. The van der Waals surface area contributed by atoms with Crippen LogP contribution < -0.4 is 22.5 Å². The maximum atomic E-state index is 14.3. The molecule has 1 aromatic carbocycles. The van der Waals surface area contributed by atoms with Crippen LogP contribution in [0.4, 0.5) is 4.39 Å². The van der Waals surface area contributed by atoms with Crippen LogP contribution in [0.15, 0.2) is 59.1 Å². The average Bonchev–Trinajstić information content (AvgIpc) is 3.06. The Balaban J connectivity index is 1.92. The summed E-state index contributed by atoms with van der Waals surface area (Å²) in [6, 6.07) is 10.4. The number of nitrogens with one attached hydrogen (secondary N) is 1. The van der Waals surface area contributed by atoms with E-state index in [1.807, 2.05) is 12.1 Å². The molecule has 3 aromatic rings. The Kier molecular flexibility index (Phi) is 4.83. The fourth-order valence-electron chi connectivity index (χ4n) is 3.98. The number of benzene rings is 1. The van der Waals surface area contributed by atoms with Crippen LogP contribution in [0.3, 0.4) is 0 Å². The first-order chi connectivity index (χ1) is 14.6. The highest BCUT2D eigenvalue weighted by molar-refractivity contribution is 5.98. The van der Waals surface area contributed by atoms with E-state index in [-0.39, 0.29) is 35.1 Å². The molecule has 1 aliphatic rings. The lowest BCUT2D eigenvalue weighted by atomic mass is 9.82. The van der Waals surface area contributed by atoms with Crippen LogP contribution in [-0.2, 0) is 12.2 Å². The molecule has 0 amide bonds. The molecule has 4 rings (SSSR count). The first-order valence-electron chi connectivity index (χ1n) is 10.0. The molecular weight excluding hydrogens is 395 g/mol. The number of nitrogens with zero attached hydrogens (tertiary/aromatic N) is 4. The normalized spacial score (nSPS) is 19.4. The summed E-state index contributed by atoms with van der Waals surface area (Å²) in [5.41, 5.74) is 19.0. The van der Waals surface area contributed by atoms with E-state index in [1.165, 1.54) is 6.07 Å². The van der Waals surface area contributed by atoms with Gasteiger partial charge in [0.1, 0.15) is 28.9 Å². The van der Waals surface area contributed by atoms with Gasteiger partial charge in [-0.2, -0.15) is 5.10 Å². The van der Waals surface area contributed by atoms with Crippen LogP contribution in [0, 0.1) is 11.2 Å². The predicted molar refractivity (Wildman–Crippen MR) is 119 cm³/mol. The molecule has 7 N–H and O–H groups in total. The zero-order valence-corrected chi connectivity index (χ0v) is 17.9. The third-order valence-corrected chi connectivity index (χ3v) is 5.18. The first-order valence-corrected chi connectivity index (χ1v) is 10.0. The molecule has 1 aliphatic heterocycles. The van der Waals surface area contributed by atoms with Crippen LogP contribution in [0.2, 0.25) is 0 Å². The minimum atomic E-state index is -1.04. The van der Waals surface area contributed by atoms with Gasteiger partial charge < -0.3 is 22.5 Å². The zero-order chi connectivity index (χ0) is 22.4. The minimum absolute atomic E-state index is 0.154. The van der Waals surface area contributed by atoms with E-state index in [1.54, 1.807) is 29.1 Å². The van der Waals surface area contributed by atoms with Gasteiger partial charge >= 0.3 is 0 Å². The number of hydrogen-bond acceptors (Lipinski definition) is 7. The molecule has 8 nitrogen and oxygen atoms in total. The van der Waals surface area contributed by atoms with Gasteiger partial charge in [-0.1, -0.05) is 39.0 Å². The van der Waals surface area contributed by atoms with Crippen molar-refractivity contribution in [3.63, 3.8) is 0 Å². The number of aromatic nitrogens is 3. The number of aliphatic imine (C=N–C) groups is 1. The van der Waals surface area contributed by atoms with Crippen LogP contribution in [-0.4, -0.2) is 20.6 Å². The Morgan fingerprint density at radius 1 is 1.10 bits per heavy atom. The van der Waals surface area contributed by atoms with Crippen molar-refractivity contribution in [2.75, 3.05) is 0 Å². The Morgan fingerprint density at radius 2 is 1.84 bits per heavy atom. The highest BCUT2D eigenvalue weighted by Crippen LogP contribution is 2.40. The van der Waals surface area contributed by atoms with E-state index >= 15 is 0 Å². The molecule has 0 aliphatic carbocycles. The van der Waals surface area contributed by atoms with Crippen molar-refractivity contribution in [3.8, 4) is 0 Å². The summed E-state index contributed by atoms with van der Waals surface area (Å²) >= 11 is 0. The lowest BCUT2D eigenvalue weighted by Gasteiger charge is -2.38. The summed E-state index contributed by atoms with van der Waals surface area (Å²) in [5.74, 6) is 0.102. The van der Waals surface area contributed by atoms with Gasteiger partial charge in [0.25, 0.3) is 0 Å². The van der Waals surface area contributed by atoms with E-state index in [0.29, 0.717) is 23.3 Å². The van der Waals surface area contributed by atoms with Crippen LogP contribution in [0.1, 0.15) is 38.4 Å². The molecular formula is C22H27FN8. The Hall–Kier alpha value is -3.62. The van der Waals surface area contributed by atoms with Crippen LogP contribution in [0.5, 0.6) is 0 Å². The third-order valence-electron chi connectivity index (χ3n) is 5.18. The highest BCUT2D eigenvalue weighted by Gasteiger charge is 2.43. The van der Waals surface area contributed by atoms with Crippen molar-refractivity contribution in [1.29, 1.82) is 0 Å². The van der Waals surface area contributed by atoms with E-state index < -0.39 is 5.66 Å². The van der Waals surface area contributed by atoms with Crippen LogP contribution in [0.25, 0.3) is 11.0 Å². The molecule has 0 saturated heterocycles. The molecule has 162 valence electrons. The Labute approximate surface area is 180 Å². The van der Waals surface area contributed by atoms with Gasteiger partial charge in [0.15, 0.2) is 11.3 Å². The van der Waals surface area contributed by atoms with Gasteiger partial charge in [-0.3, -0.25) is 0 Å². The van der Waals surface area contributed by atoms with E-state index in [4.69, 9.17) is 27.3 Å². The number of hydrogen-bond donors (Lipinski definition) is 4. The molecule has 2 aromatic heterocycles. The monoisotopic (exact) mass is 422 g/mol. The summed E-state index contributed by atoms with van der Waals surface area (Å²) in [4.78, 5) is 9.24. The maximum Gasteiger partial charge on any atom is 0.179 e. The molecule has 0 radical (unpaired) electrons. The summed E-state index contributed by atoms with van der Waals surface area (Å²) in [7, 11) is 0. The highest BCUT2D eigenvalue weighted by atomic mass is 19.1. The predicted octanol–water partition coefficient (Wildman–Crippen LogP) is 2.25. The van der Waals surface area contributed by atoms with Gasteiger partial charge in [-0.05, 0) is 23.6 Å².